The molecule has 23 heavy (non-hydrogen) atoms. The molecule has 0 fully saturated rings. The Kier molecular flexibility index (Phi) is 5.44. The number of hydrogen-bond acceptors (Lipinski definition) is 6. The summed E-state index contributed by atoms with van der Waals surface area (Å²) in [6.07, 6.45) is 0. The number of nitrogens with zero attached hydrogens (tertiary/aromatic N) is 2. The van der Waals surface area contributed by atoms with Crippen molar-refractivity contribution in [2.75, 3.05) is 18.2 Å². The van der Waals surface area contributed by atoms with Crippen molar-refractivity contribution in [1.29, 1.82) is 0 Å². The van der Waals surface area contributed by atoms with E-state index >= 15 is 0 Å². The van der Waals surface area contributed by atoms with Gasteiger partial charge < -0.3 is 15.8 Å². The lowest BCUT2D eigenvalue weighted by Crippen LogP contribution is -2.17. The van der Waals surface area contributed by atoms with Crippen molar-refractivity contribution in [1.82, 2.24) is 9.97 Å². The van der Waals surface area contributed by atoms with Crippen molar-refractivity contribution in [2.45, 2.75) is 25.9 Å². The van der Waals surface area contributed by atoms with E-state index in [2.05, 4.69) is 21.4 Å². The molecule has 6 nitrogen and oxygen atoms in total. The Morgan fingerprint density at radius 1 is 1.26 bits per heavy atom. The second-order valence-electron chi connectivity index (χ2n) is 5.04. The lowest BCUT2D eigenvalue weighted by molar-refractivity contribution is 0.0997. The van der Waals surface area contributed by atoms with Crippen LogP contribution in [0.5, 0.6) is 5.88 Å². The second-order valence-corrected chi connectivity index (χ2v) is 6.27. The summed E-state index contributed by atoms with van der Waals surface area (Å²) in [7, 11) is 1.45. The predicted octanol–water partition coefficient (Wildman–Crippen LogP) is 3.06. The molecule has 0 radical (unpaired) electrons. The monoisotopic (exact) mass is 332 g/mol. The van der Waals surface area contributed by atoms with E-state index < -0.39 is 5.91 Å². The number of aryl methyl sites for hydroxylation is 2. The van der Waals surface area contributed by atoms with Crippen LogP contribution in [-0.4, -0.2) is 28.7 Å². The van der Waals surface area contributed by atoms with Gasteiger partial charge in [0.25, 0.3) is 5.91 Å². The first-order valence-corrected chi connectivity index (χ1v) is 8.17. The molecule has 0 atom stereocenters. The van der Waals surface area contributed by atoms with Gasteiger partial charge in [-0.2, -0.15) is 4.98 Å². The maximum atomic E-state index is 11.8. The SMILES string of the molecule is CCSc1nc(Nc2cc(C)cc(C)c2)c(C(N)=O)c(OC)n1. The number of benzene rings is 1. The molecule has 2 rings (SSSR count). The third kappa shape index (κ3) is 4.13. The fraction of sp³-hybridized carbons (Fsp3) is 0.312. The molecular weight excluding hydrogens is 312 g/mol. The summed E-state index contributed by atoms with van der Waals surface area (Å²) < 4.78 is 5.21. The summed E-state index contributed by atoms with van der Waals surface area (Å²) in [5.74, 6) is 0.699. The van der Waals surface area contributed by atoms with E-state index in [1.807, 2.05) is 32.9 Å². The molecule has 0 saturated heterocycles. The highest BCUT2D eigenvalue weighted by molar-refractivity contribution is 7.99. The summed E-state index contributed by atoms with van der Waals surface area (Å²) in [4.78, 5) is 20.4. The number of carbonyl (C=O) groups is 1. The highest BCUT2D eigenvalue weighted by Crippen LogP contribution is 2.29. The Morgan fingerprint density at radius 3 is 2.43 bits per heavy atom. The average molecular weight is 332 g/mol. The molecule has 0 unspecified atom stereocenters. The van der Waals surface area contributed by atoms with Crippen molar-refractivity contribution < 1.29 is 9.53 Å². The van der Waals surface area contributed by atoms with Gasteiger partial charge >= 0.3 is 0 Å². The van der Waals surface area contributed by atoms with Crippen molar-refractivity contribution in [3.8, 4) is 5.88 Å². The number of nitrogens with two attached hydrogens (primary N) is 1. The molecule has 0 aliphatic rings. The molecular formula is C16H20N4O2S. The van der Waals surface area contributed by atoms with Crippen LogP contribution in [0.15, 0.2) is 23.4 Å². The van der Waals surface area contributed by atoms with Crippen LogP contribution in [0.3, 0.4) is 0 Å². The molecule has 0 aliphatic carbocycles. The number of amides is 1. The Bertz CT molecular complexity index is 714. The number of thioether (sulfide) groups is 1. The zero-order valence-electron chi connectivity index (χ0n) is 13.6. The van der Waals surface area contributed by atoms with Crippen LogP contribution < -0.4 is 15.8 Å². The average Bonchev–Trinajstić information content (AvgIpc) is 2.45. The van der Waals surface area contributed by atoms with Gasteiger partial charge in [0.15, 0.2) is 11.0 Å². The van der Waals surface area contributed by atoms with Crippen molar-refractivity contribution in [3.63, 3.8) is 0 Å². The smallest absolute Gasteiger partial charge is 0.258 e. The molecule has 7 heteroatoms. The number of methoxy groups -OCH3 is 1. The van der Waals surface area contributed by atoms with Crippen LogP contribution in [0.25, 0.3) is 0 Å². The van der Waals surface area contributed by atoms with E-state index in [1.54, 1.807) is 0 Å². The molecule has 1 aromatic heterocycles. The minimum Gasteiger partial charge on any atom is -0.480 e. The van der Waals surface area contributed by atoms with Crippen LogP contribution in [0.2, 0.25) is 0 Å². The Balaban J connectivity index is 2.53. The molecule has 0 spiro atoms. The number of ether oxygens (including phenoxy) is 1. The summed E-state index contributed by atoms with van der Waals surface area (Å²) in [6.45, 7) is 6.01. The zero-order valence-corrected chi connectivity index (χ0v) is 14.5. The molecule has 0 aliphatic heterocycles. The first-order valence-electron chi connectivity index (χ1n) is 7.18. The summed E-state index contributed by atoms with van der Waals surface area (Å²) in [5.41, 5.74) is 8.68. The van der Waals surface area contributed by atoms with Crippen molar-refractivity contribution >= 4 is 29.2 Å². The largest absolute Gasteiger partial charge is 0.480 e. The van der Waals surface area contributed by atoms with E-state index in [1.165, 1.54) is 18.9 Å². The van der Waals surface area contributed by atoms with Gasteiger partial charge in [0, 0.05) is 5.69 Å². The van der Waals surface area contributed by atoms with Crippen LogP contribution in [0.4, 0.5) is 11.5 Å². The van der Waals surface area contributed by atoms with Gasteiger partial charge in [-0.3, -0.25) is 4.79 Å². The van der Waals surface area contributed by atoms with E-state index in [4.69, 9.17) is 10.5 Å². The Morgan fingerprint density at radius 2 is 1.91 bits per heavy atom. The van der Waals surface area contributed by atoms with Gasteiger partial charge in [-0.1, -0.05) is 24.8 Å². The Hall–Kier alpha value is -2.28. The Labute approximate surface area is 139 Å². The summed E-state index contributed by atoms with van der Waals surface area (Å²) in [5, 5.41) is 3.69. The van der Waals surface area contributed by atoms with E-state index in [9.17, 15) is 4.79 Å². The molecule has 0 saturated carbocycles. The van der Waals surface area contributed by atoms with E-state index in [-0.39, 0.29) is 11.4 Å². The molecule has 2 aromatic rings. The fourth-order valence-electron chi connectivity index (χ4n) is 2.26. The third-order valence-corrected chi connectivity index (χ3v) is 3.78. The summed E-state index contributed by atoms with van der Waals surface area (Å²) >= 11 is 1.46. The molecule has 1 amide bonds. The van der Waals surface area contributed by atoms with Crippen molar-refractivity contribution in [2.24, 2.45) is 5.73 Å². The second kappa shape index (κ2) is 7.32. The number of aromatic nitrogens is 2. The van der Waals surface area contributed by atoms with Gasteiger partial charge in [-0.25, -0.2) is 4.98 Å². The topological polar surface area (TPSA) is 90.1 Å². The van der Waals surface area contributed by atoms with Gasteiger partial charge in [-0.15, -0.1) is 0 Å². The zero-order chi connectivity index (χ0) is 17.0. The van der Waals surface area contributed by atoms with Gasteiger partial charge in [-0.05, 0) is 42.9 Å². The third-order valence-electron chi connectivity index (χ3n) is 3.05. The minimum atomic E-state index is -0.637. The lowest BCUT2D eigenvalue weighted by atomic mass is 10.1. The molecule has 3 N–H and O–H groups in total. The highest BCUT2D eigenvalue weighted by Gasteiger charge is 2.20. The minimum absolute atomic E-state index is 0.145. The molecule has 1 heterocycles. The number of rotatable bonds is 6. The van der Waals surface area contributed by atoms with E-state index in [0.29, 0.717) is 11.0 Å². The van der Waals surface area contributed by atoms with Crippen LogP contribution in [-0.2, 0) is 0 Å². The number of carbonyl (C=O) groups excluding carboxylic acids is 1. The fourth-order valence-corrected chi connectivity index (χ4v) is 2.82. The van der Waals surface area contributed by atoms with Crippen LogP contribution in [0.1, 0.15) is 28.4 Å². The van der Waals surface area contributed by atoms with Gasteiger partial charge in [0.2, 0.25) is 5.88 Å². The number of anilines is 2. The predicted molar refractivity (Wildman–Crippen MR) is 92.7 cm³/mol. The highest BCUT2D eigenvalue weighted by atomic mass is 32.2. The van der Waals surface area contributed by atoms with Crippen LogP contribution in [0, 0.1) is 13.8 Å². The lowest BCUT2D eigenvalue weighted by Gasteiger charge is -2.14. The quantitative estimate of drug-likeness (QED) is 0.624. The van der Waals surface area contributed by atoms with E-state index in [0.717, 1.165) is 22.6 Å². The van der Waals surface area contributed by atoms with Gasteiger partial charge in [0.05, 0.1) is 7.11 Å². The summed E-state index contributed by atoms with van der Waals surface area (Å²) in [6, 6.07) is 6.01. The molecule has 122 valence electrons. The normalized spacial score (nSPS) is 10.4. The molecule has 0 bridgehead atoms. The standard InChI is InChI=1S/C16H20N4O2S/c1-5-23-16-19-14(12(13(17)21)15(20-16)22-4)18-11-7-9(2)6-10(3)8-11/h6-8H,5H2,1-4H3,(H2,17,21)(H,18,19,20). The number of hydrogen-bond donors (Lipinski definition) is 2. The number of primary amides is 1. The van der Waals surface area contributed by atoms with Gasteiger partial charge in [0.1, 0.15) is 5.56 Å². The maximum Gasteiger partial charge on any atom is 0.258 e. The first kappa shape index (κ1) is 17.1. The maximum absolute atomic E-state index is 11.8. The van der Waals surface area contributed by atoms with Crippen LogP contribution >= 0.6 is 11.8 Å². The molecule has 1 aromatic carbocycles. The first-order chi connectivity index (χ1) is 10.9. The van der Waals surface area contributed by atoms with Crippen molar-refractivity contribution in [3.05, 3.63) is 34.9 Å². The number of nitrogens with one attached hydrogen (secondary N) is 1.